The minimum atomic E-state index is -1.05. The third kappa shape index (κ3) is 1.44. The zero-order valence-electron chi connectivity index (χ0n) is 9.21. The SMILES string of the molecule is CC1CC1(C(=O)O)c1cccc([N+](=O)[O-])c1N. The Kier molecular flexibility index (Phi) is 2.30. The molecule has 1 saturated carbocycles. The Morgan fingerprint density at radius 1 is 1.65 bits per heavy atom. The smallest absolute Gasteiger partial charge is 0.314 e. The second-order valence-electron chi connectivity index (χ2n) is 4.38. The summed E-state index contributed by atoms with van der Waals surface area (Å²) in [7, 11) is 0. The van der Waals surface area contributed by atoms with Crippen molar-refractivity contribution in [2.45, 2.75) is 18.8 Å². The van der Waals surface area contributed by atoms with Gasteiger partial charge in [0.05, 0.1) is 10.3 Å². The second kappa shape index (κ2) is 3.44. The first-order chi connectivity index (χ1) is 7.91. The van der Waals surface area contributed by atoms with Crippen LogP contribution in [0.1, 0.15) is 18.9 Å². The number of anilines is 1. The highest BCUT2D eigenvalue weighted by molar-refractivity contribution is 5.89. The van der Waals surface area contributed by atoms with Crippen molar-refractivity contribution in [3.63, 3.8) is 0 Å². The Morgan fingerprint density at radius 3 is 2.65 bits per heavy atom. The molecule has 17 heavy (non-hydrogen) atoms. The number of para-hydroxylation sites is 1. The molecule has 6 nitrogen and oxygen atoms in total. The number of nitrogen functional groups attached to an aromatic ring is 1. The van der Waals surface area contributed by atoms with Crippen LogP contribution in [0.25, 0.3) is 0 Å². The molecule has 0 saturated heterocycles. The third-order valence-corrected chi connectivity index (χ3v) is 3.45. The fourth-order valence-electron chi connectivity index (χ4n) is 2.31. The van der Waals surface area contributed by atoms with Gasteiger partial charge in [0.15, 0.2) is 0 Å². The molecule has 3 N–H and O–H groups in total. The molecule has 90 valence electrons. The number of nitrogens with zero attached hydrogens (tertiary/aromatic N) is 1. The first kappa shape index (κ1) is 11.4. The first-order valence-corrected chi connectivity index (χ1v) is 5.18. The van der Waals surface area contributed by atoms with Gasteiger partial charge < -0.3 is 10.8 Å². The van der Waals surface area contributed by atoms with E-state index >= 15 is 0 Å². The minimum Gasteiger partial charge on any atom is -0.481 e. The van der Waals surface area contributed by atoms with Crippen LogP contribution in [0.2, 0.25) is 0 Å². The van der Waals surface area contributed by atoms with Crippen LogP contribution in [0.3, 0.4) is 0 Å². The first-order valence-electron chi connectivity index (χ1n) is 5.18. The van der Waals surface area contributed by atoms with Crippen LogP contribution in [0.15, 0.2) is 18.2 Å². The molecule has 0 amide bonds. The van der Waals surface area contributed by atoms with Crippen molar-refractivity contribution in [2.24, 2.45) is 5.92 Å². The molecule has 2 atom stereocenters. The molecule has 0 heterocycles. The highest BCUT2D eigenvalue weighted by Crippen LogP contribution is 2.56. The Morgan fingerprint density at radius 2 is 2.24 bits per heavy atom. The molecule has 1 aliphatic carbocycles. The topological polar surface area (TPSA) is 106 Å². The summed E-state index contributed by atoms with van der Waals surface area (Å²) >= 11 is 0. The molecule has 1 aromatic carbocycles. The van der Waals surface area contributed by atoms with E-state index in [1.807, 2.05) is 0 Å². The van der Waals surface area contributed by atoms with Gasteiger partial charge in [0.25, 0.3) is 5.69 Å². The Hall–Kier alpha value is -2.11. The van der Waals surface area contributed by atoms with E-state index < -0.39 is 16.3 Å². The summed E-state index contributed by atoms with van der Waals surface area (Å²) in [6, 6.07) is 4.31. The Balaban J connectivity index is 2.58. The molecule has 1 aromatic rings. The van der Waals surface area contributed by atoms with Crippen LogP contribution < -0.4 is 5.73 Å². The third-order valence-electron chi connectivity index (χ3n) is 3.45. The van der Waals surface area contributed by atoms with E-state index in [1.54, 1.807) is 13.0 Å². The lowest BCUT2D eigenvalue weighted by Gasteiger charge is -2.14. The van der Waals surface area contributed by atoms with Crippen molar-refractivity contribution in [3.05, 3.63) is 33.9 Å². The largest absolute Gasteiger partial charge is 0.481 e. The quantitative estimate of drug-likeness (QED) is 0.470. The van der Waals surface area contributed by atoms with Crippen LogP contribution in [0.5, 0.6) is 0 Å². The maximum Gasteiger partial charge on any atom is 0.314 e. The fourth-order valence-corrected chi connectivity index (χ4v) is 2.31. The molecule has 0 aliphatic heterocycles. The van der Waals surface area contributed by atoms with E-state index in [0.717, 1.165) is 0 Å². The average molecular weight is 236 g/mol. The normalized spacial score (nSPS) is 26.5. The predicted octanol–water partition coefficient (Wildman–Crippen LogP) is 1.54. The zero-order chi connectivity index (χ0) is 12.8. The van der Waals surface area contributed by atoms with Crippen LogP contribution in [0, 0.1) is 16.0 Å². The van der Waals surface area contributed by atoms with Crippen molar-refractivity contribution in [3.8, 4) is 0 Å². The van der Waals surface area contributed by atoms with Crippen molar-refractivity contribution in [1.29, 1.82) is 0 Å². The van der Waals surface area contributed by atoms with Gasteiger partial charge >= 0.3 is 5.97 Å². The lowest BCUT2D eigenvalue weighted by Crippen LogP contribution is -2.23. The standard InChI is InChI=1S/C11H12N2O4/c1-6-5-11(6,10(14)15)7-3-2-4-8(9(7)12)13(16)17/h2-4,6H,5,12H2,1H3,(H,14,15). The molecule has 0 bridgehead atoms. The number of nitro benzene ring substituents is 1. The van der Waals surface area contributed by atoms with Gasteiger partial charge in [0, 0.05) is 6.07 Å². The summed E-state index contributed by atoms with van der Waals surface area (Å²) in [5.74, 6) is -1.03. The summed E-state index contributed by atoms with van der Waals surface area (Å²) in [5.41, 5.74) is 4.74. The maximum atomic E-state index is 11.3. The number of aliphatic carboxylic acids is 1. The van der Waals surface area contributed by atoms with Gasteiger partial charge in [-0.1, -0.05) is 19.1 Å². The molecule has 6 heteroatoms. The van der Waals surface area contributed by atoms with Gasteiger partial charge in [0.1, 0.15) is 5.69 Å². The van der Waals surface area contributed by atoms with Gasteiger partial charge in [-0.05, 0) is 17.9 Å². The van der Waals surface area contributed by atoms with Gasteiger partial charge in [-0.25, -0.2) is 0 Å². The van der Waals surface area contributed by atoms with Gasteiger partial charge in [-0.3, -0.25) is 14.9 Å². The van der Waals surface area contributed by atoms with Crippen molar-refractivity contribution < 1.29 is 14.8 Å². The van der Waals surface area contributed by atoms with Crippen molar-refractivity contribution in [2.75, 3.05) is 5.73 Å². The van der Waals surface area contributed by atoms with Gasteiger partial charge in [-0.15, -0.1) is 0 Å². The maximum absolute atomic E-state index is 11.3. The Labute approximate surface area is 97.2 Å². The molecule has 0 radical (unpaired) electrons. The van der Waals surface area contributed by atoms with Gasteiger partial charge in [-0.2, -0.15) is 0 Å². The fraction of sp³-hybridized carbons (Fsp3) is 0.364. The number of carboxylic acid groups (broad SMARTS) is 1. The van der Waals surface area contributed by atoms with E-state index in [-0.39, 0.29) is 17.3 Å². The number of benzene rings is 1. The number of hydrogen-bond donors (Lipinski definition) is 2. The second-order valence-corrected chi connectivity index (χ2v) is 4.38. The Bertz CT molecular complexity index is 514. The molecule has 0 spiro atoms. The lowest BCUT2D eigenvalue weighted by molar-refractivity contribution is -0.384. The lowest BCUT2D eigenvalue weighted by atomic mass is 9.91. The van der Waals surface area contributed by atoms with Crippen molar-refractivity contribution in [1.82, 2.24) is 0 Å². The summed E-state index contributed by atoms with van der Waals surface area (Å²) in [6.45, 7) is 1.80. The number of carbonyl (C=O) groups is 1. The molecular weight excluding hydrogens is 224 g/mol. The molecule has 1 fully saturated rings. The van der Waals surface area contributed by atoms with Crippen LogP contribution in [-0.4, -0.2) is 16.0 Å². The van der Waals surface area contributed by atoms with Crippen LogP contribution >= 0.6 is 0 Å². The highest BCUT2D eigenvalue weighted by Gasteiger charge is 2.60. The van der Waals surface area contributed by atoms with E-state index in [0.29, 0.717) is 12.0 Å². The number of nitro groups is 1. The van der Waals surface area contributed by atoms with Crippen LogP contribution in [0.4, 0.5) is 11.4 Å². The monoisotopic (exact) mass is 236 g/mol. The number of hydrogen-bond acceptors (Lipinski definition) is 4. The molecule has 2 rings (SSSR count). The minimum absolute atomic E-state index is 0.0377. The van der Waals surface area contributed by atoms with E-state index in [2.05, 4.69) is 0 Å². The summed E-state index contributed by atoms with van der Waals surface area (Å²) in [4.78, 5) is 21.5. The zero-order valence-corrected chi connectivity index (χ0v) is 9.21. The van der Waals surface area contributed by atoms with Gasteiger partial charge in [0.2, 0.25) is 0 Å². The number of carboxylic acids is 1. The summed E-state index contributed by atoms with van der Waals surface area (Å²) in [6.07, 6.45) is 0.466. The van der Waals surface area contributed by atoms with Crippen LogP contribution in [-0.2, 0) is 10.2 Å². The van der Waals surface area contributed by atoms with E-state index in [4.69, 9.17) is 5.73 Å². The molecular formula is C11H12N2O4. The average Bonchev–Trinajstić information content (AvgIpc) is 2.91. The summed E-state index contributed by atoms with van der Waals surface area (Å²) < 4.78 is 0. The predicted molar refractivity (Wildman–Crippen MR) is 60.6 cm³/mol. The number of rotatable bonds is 3. The van der Waals surface area contributed by atoms with E-state index in [9.17, 15) is 20.0 Å². The number of nitrogens with two attached hydrogens (primary N) is 1. The van der Waals surface area contributed by atoms with E-state index in [1.165, 1.54) is 12.1 Å². The summed E-state index contributed by atoms with van der Waals surface area (Å²) in [5, 5.41) is 20.0. The highest BCUT2D eigenvalue weighted by atomic mass is 16.6. The molecule has 0 aromatic heterocycles. The molecule has 2 unspecified atom stereocenters. The molecule has 1 aliphatic rings. The van der Waals surface area contributed by atoms with Crippen molar-refractivity contribution >= 4 is 17.3 Å².